The maximum absolute atomic E-state index is 12.2. The zero-order valence-corrected chi connectivity index (χ0v) is 14.0. The summed E-state index contributed by atoms with van der Waals surface area (Å²) in [6.07, 6.45) is 1.30. The number of morpholine rings is 1. The van der Waals surface area contributed by atoms with E-state index in [-0.39, 0.29) is 24.2 Å². The summed E-state index contributed by atoms with van der Waals surface area (Å²) in [5, 5.41) is 2.97. The standard InChI is InChI=1S/C18H27N3O3/c19-10-15-6-7-17(24-15)18(22)20-11-16-13-21(8-9-23-16)12-14-4-2-1-3-5-14/h1-5,15-17H,6-13,19H2,(H,20,22)/t15-,16?,17+/m1/s1. The van der Waals surface area contributed by atoms with Crippen LogP contribution in [0.2, 0.25) is 0 Å². The van der Waals surface area contributed by atoms with Gasteiger partial charge in [-0.3, -0.25) is 9.69 Å². The van der Waals surface area contributed by atoms with Gasteiger partial charge in [0.15, 0.2) is 0 Å². The zero-order chi connectivity index (χ0) is 16.8. The van der Waals surface area contributed by atoms with Crippen LogP contribution >= 0.6 is 0 Å². The van der Waals surface area contributed by atoms with Crippen LogP contribution in [0.4, 0.5) is 0 Å². The van der Waals surface area contributed by atoms with Crippen LogP contribution in [0.1, 0.15) is 18.4 Å². The van der Waals surface area contributed by atoms with E-state index in [1.165, 1.54) is 5.56 Å². The second kappa shape index (κ2) is 8.58. The SMILES string of the molecule is NC[C@H]1CC[C@@H](C(=O)NCC2CN(Cc3ccccc3)CCO2)O1. The molecule has 1 amide bonds. The molecule has 1 aromatic carbocycles. The first-order valence-corrected chi connectivity index (χ1v) is 8.75. The molecular weight excluding hydrogens is 306 g/mol. The van der Waals surface area contributed by atoms with Crippen LogP contribution in [0, 0.1) is 0 Å². The van der Waals surface area contributed by atoms with Gasteiger partial charge in [0.2, 0.25) is 5.91 Å². The largest absolute Gasteiger partial charge is 0.374 e. The van der Waals surface area contributed by atoms with E-state index in [1.807, 2.05) is 6.07 Å². The summed E-state index contributed by atoms with van der Waals surface area (Å²) in [4.78, 5) is 14.5. The Kier molecular flexibility index (Phi) is 6.20. The Labute approximate surface area is 143 Å². The third-order valence-corrected chi connectivity index (χ3v) is 4.64. The quantitative estimate of drug-likeness (QED) is 0.793. The molecule has 1 unspecified atom stereocenters. The molecule has 2 saturated heterocycles. The van der Waals surface area contributed by atoms with Crippen molar-refractivity contribution in [2.24, 2.45) is 5.73 Å². The number of carbonyl (C=O) groups excluding carboxylic acids is 1. The Hall–Kier alpha value is -1.47. The molecule has 0 spiro atoms. The second-order valence-corrected chi connectivity index (χ2v) is 6.52. The van der Waals surface area contributed by atoms with Gasteiger partial charge in [-0.1, -0.05) is 30.3 Å². The van der Waals surface area contributed by atoms with Gasteiger partial charge in [-0.15, -0.1) is 0 Å². The van der Waals surface area contributed by atoms with E-state index in [2.05, 4.69) is 34.5 Å². The molecule has 0 radical (unpaired) electrons. The molecule has 2 aliphatic rings. The third kappa shape index (κ3) is 4.77. The molecule has 6 nitrogen and oxygen atoms in total. The highest BCUT2D eigenvalue weighted by atomic mass is 16.5. The first-order chi connectivity index (χ1) is 11.7. The van der Waals surface area contributed by atoms with Crippen LogP contribution in [0.25, 0.3) is 0 Å². The van der Waals surface area contributed by atoms with Crippen LogP contribution in [-0.2, 0) is 20.8 Å². The average Bonchev–Trinajstić information content (AvgIpc) is 3.10. The Morgan fingerprint density at radius 3 is 2.83 bits per heavy atom. The van der Waals surface area contributed by atoms with Gasteiger partial charge in [0.25, 0.3) is 0 Å². The smallest absolute Gasteiger partial charge is 0.249 e. The molecule has 0 bridgehead atoms. The number of hydrogen-bond acceptors (Lipinski definition) is 5. The highest BCUT2D eigenvalue weighted by Crippen LogP contribution is 2.19. The van der Waals surface area contributed by atoms with E-state index in [0.717, 1.165) is 32.5 Å². The lowest BCUT2D eigenvalue weighted by Crippen LogP contribution is -2.48. The van der Waals surface area contributed by atoms with Crippen LogP contribution < -0.4 is 11.1 Å². The second-order valence-electron chi connectivity index (χ2n) is 6.52. The Balaban J connectivity index is 1.41. The van der Waals surface area contributed by atoms with Crippen LogP contribution in [0.3, 0.4) is 0 Å². The number of nitrogens with two attached hydrogens (primary N) is 1. The Morgan fingerprint density at radius 1 is 1.25 bits per heavy atom. The minimum atomic E-state index is -0.359. The monoisotopic (exact) mass is 333 g/mol. The van der Waals surface area contributed by atoms with Gasteiger partial charge >= 0.3 is 0 Å². The van der Waals surface area contributed by atoms with Crippen molar-refractivity contribution in [3.05, 3.63) is 35.9 Å². The van der Waals surface area contributed by atoms with E-state index >= 15 is 0 Å². The predicted molar refractivity (Wildman–Crippen MR) is 91.4 cm³/mol. The van der Waals surface area contributed by atoms with Crippen LogP contribution in [0.5, 0.6) is 0 Å². The van der Waals surface area contributed by atoms with Gasteiger partial charge in [-0.05, 0) is 18.4 Å². The van der Waals surface area contributed by atoms with Gasteiger partial charge in [0.05, 0.1) is 18.8 Å². The number of nitrogens with zero attached hydrogens (tertiary/aromatic N) is 1. The van der Waals surface area contributed by atoms with Crippen molar-refractivity contribution in [1.29, 1.82) is 0 Å². The lowest BCUT2D eigenvalue weighted by Gasteiger charge is -2.33. The summed E-state index contributed by atoms with van der Waals surface area (Å²) in [6, 6.07) is 10.4. The Bertz CT molecular complexity index is 526. The van der Waals surface area contributed by atoms with E-state index in [1.54, 1.807) is 0 Å². The molecule has 24 heavy (non-hydrogen) atoms. The summed E-state index contributed by atoms with van der Waals surface area (Å²) in [5.74, 6) is -0.0465. The predicted octanol–water partition coefficient (Wildman–Crippen LogP) is 0.510. The molecule has 2 aliphatic heterocycles. The fourth-order valence-corrected chi connectivity index (χ4v) is 3.29. The summed E-state index contributed by atoms with van der Waals surface area (Å²) in [6.45, 7) is 4.36. The minimum Gasteiger partial charge on any atom is -0.374 e. The zero-order valence-electron chi connectivity index (χ0n) is 14.0. The number of amides is 1. The highest BCUT2D eigenvalue weighted by Gasteiger charge is 2.30. The van der Waals surface area contributed by atoms with Gasteiger partial charge in [0.1, 0.15) is 6.10 Å². The summed E-state index contributed by atoms with van der Waals surface area (Å²) < 4.78 is 11.4. The molecule has 0 aromatic heterocycles. The van der Waals surface area contributed by atoms with E-state index in [9.17, 15) is 4.79 Å². The van der Waals surface area contributed by atoms with Gasteiger partial charge in [0, 0.05) is 32.7 Å². The lowest BCUT2D eigenvalue weighted by molar-refractivity contribution is -0.133. The topological polar surface area (TPSA) is 76.8 Å². The summed E-state index contributed by atoms with van der Waals surface area (Å²) in [5.41, 5.74) is 6.88. The summed E-state index contributed by atoms with van der Waals surface area (Å²) >= 11 is 0. The maximum atomic E-state index is 12.2. The molecule has 2 heterocycles. The number of nitrogens with one attached hydrogen (secondary N) is 1. The average molecular weight is 333 g/mol. The maximum Gasteiger partial charge on any atom is 0.249 e. The molecule has 1 aromatic rings. The number of benzene rings is 1. The molecular formula is C18H27N3O3. The number of ether oxygens (including phenoxy) is 2. The van der Waals surface area contributed by atoms with Gasteiger partial charge in [-0.2, -0.15) is 0 Å². The summed E-state index contributed by atoms with van der Waals surface area (Å²) in [7, 11) is 0. The van der Waals surface area contributed by atoms with E-state index in [4.69, 9.17) is 15.2 Å². The number of rotatable bonds is 6. The number of hydrogen-bond donors (Lipinski definition) is 2. The van der Waals surface area contributed by atoms with Gasteiger partial charge in [-0.25, -0.2) is 0 Å². The van der Waals surface area contributed by atoms with Crippen molar-refractivity contribution >= 4 is 5.91 Å². The van der Waals surface area contributed by atoms with Crippen molar-refractivity contribution in [2.45, 2.75) is 37.7 Å². The van der Waals surface area contributed by atoms with Crippen molar-refractivity contribution in [2.75, 3.05) is 32.8 Å². The number of carbonyl (C=O) groups is 1. The normalized spacial score (nSPS) is 28.0. The van der Waals surface area contributed by atoms with E-state index < -0.39 is 0 Å². The minimum absolute atomic E-state index is 0.0213. The van der Waals surface area contributed by atoms with Crippen molar-refractivity contribution in [3.63, 3.8) is 0 Å². The fourth-order valence-electron chi connectivity index (χ4n) is 3.29. The molecule has 3 N–H and O–H groups in total. The molecule has 3 atom stereocenters. The highest BCUT2D eigenvalue weighted by molar-refractivity contribution is 5.81. The third-order valence-electron chi connectivity index (χ3n) is 4.64. The van der Waals surface area contributed by atoms with E-state index in [0.29, 0.717) is 19.7 Å². The molecule has 0 aliphatic carbocycles. The lowest BCUT2D eigenvalue weighted by atomic mass is 10.1. The molecule has 132 valence electrons. The van der Waals surface area contributed by atoms with Crippen molar-refractivity contribution < 1.29 is 14.3 Å². The molecule has 2 fully saturated rings. The fraction of sp³-hybridized carbons (Fsp3) is 0.611. The van der Waals surface area contributed by atoms with Crippen LogP contribution in [0.15, 0.2) is 30.3 Å². The first kappa shape index (κ1) is 17.4. The van der Waals surface area contributed by atoms with Crippen LogP contribution in [-0.4, -0.2) is 61.9 Å². The molecule has 0 saturated carbocycles. The van der Waals surface area contributed by atoms with Crippen molar-refractivity contribution in [1.82, 2.24) is 10.2 Å². The van der Waals surface area contributed by atoms with Gasteiger partial charge < -0.3 is 20.5 Å². The Morgan fingerprint density at radius 2 is 2.08 bits per heavy atom. The van der Waals surface area contributed by atoms with Crippen molar-refractivity contribution in [3.8, 4) is 0 Å². The molecule has 3 rings (SSSR count). The molecule has 6 heteroatoms. The first-order valence-electron chi connectivity index (χ1n) is 8.75.